The number of carbonyl (C=O) groups excluding carboxylic acids is 1. The van der Waals surface area contributed by atoms with Crippen molar-refractivity contribution in [3.8, 4) is 0 Å². The minimum Gasteiger partial charge on any atom is -0.457 e. The highest BCUT2D eigenvalue weighted by molar-refractivity contribution is 5.93. The highest BCUT2D eigenvalue weighted by atomic mass is 16.5. The van der Waals surface area contributed by atoms with Crippen LogP contribution in [0.15, 0.2) is 36.7 Å². The van der Waals surface area contributed by atoms with Crippen LogP contribution in [-0.4, -0.2) is 44.0 Å². The van der Waals surface area contributed by atoms with Crippen LogP contribution in [0, 0.1) is 6.92 Å². The topological polar surface area (TPSA) is 139 Å². The summed E-state index contributed by atoms with van der Waals surface area (Å²) in [6, 6.07) is 7.18. The van der Waals surface area contributed by atoms with Crippen molar-refractivity contribution in [1.29, 1.82) is 0 Å². The third-order valence-electron chi connectivity index (χ3n) is 6.18. The second-order valence-corrected chi connectivity index (χ2v) is 8.25. The number of rotatable bonds is 6. The largest absolute Gasteiger partial charge is 0.457 e. The molecule has 0 fully saturated rings. The molecule has 3 aromatic rings. The molecule has 10 heteroatoms. The van der Waals surface area contributed by atoms with E-state index in [1.807, 2.05) is 25.3 Å². The number of benzene rings is 1. The van der Waals surface area contributed by atoms with Gasteiger partial charge in [0.1, 0.15) is 12.4 Å². The van der Waals surface area contributed by atoms with Gasteiger partial charge in [0, 0.05) is 43.4 Å². The van der Waals surface area contributed by atoms with Crippen molar-refractivity contribution in [3.05, 3.63) is 70.2 Å². The number of aliphatic hydroxyl groups excluding tert-OH is 1. The molecule has 0 aliphatic carbocycles. The number of aromatic nitrogens is 3. The minimum atomic E-state index is -0.661. The van der Waals surface area contributed by atoms with Gasteiger partial charge in [-0.05, 0) is 36.2 Å². The van der Waals surface area contributed by atoms with Gasteiger partial charge in [-0.3, -0.25) is 10.7 Å². The maximum Gasteiger partial charge on any atom is 0.338 e. The first-order valence-corrected chi connectivity index (χ1v) is 10.8. The summed E-state index contributed by atoms with van der Waals surface area (Å²) < 4.78 is 5.12. The number of hydrazine groups is 1. The van der Waals surface area contributed by atoms with Gasteiger partial charge in [-0.25, -0.2) is 19.7 Å². The Bertz CT molecular complexity index is 1200. The first-order valence-electron chi connectivity index (χ1n) is 10.8. The SMILES string of the molecule is Cc1c(C(O)CN2CCc3nc(Nc4ccc(NN)cn4)ncc3C2)ccc2c1COC2=O. The van der Waals surface area contributed by atoms with Gasteiger partial charge < -0.3 is 20.6 Å². The molecular formula is C23H25N7O3. The number of aliphatic hydroxyl groups is 1. The molecule has 0 saturated heterocycles. The van der Waals surface area contributed by atoms with E-state index < -0.39 is 6.10 Å². The quantitative estimate of drug-likeness (QED) is 0.252. The summed E-state index contributed by atoms with van der Waals surface area (Å²) in [6.07, 6.45) is 3.54. The number of anilines is 3. The highest BCUT2D eigenvalue weighted by Gasteiger charge is 2.27. The van der Waals surface area contributed by atoms with Crippen LogP contribution in [0.1, 0.15) is 44.4 Å². The molecule has 4 heterocycles. The molecule has 2 aliphatic heterocycles. The predicted octanol–water partition coefficient (Wildman–Crippen LogP) is 1.97. The third kappa shape index (κ3) is 4.23. The average Bonchev–Trinajstić information content (AvgIpc) is 3.21. The molecule has 170 valence electrons. The second-order valence-electron chi connectivity index (χ2n) is 8.25. The zero-order valence-electron chi connectivity index (χ0n) is 18.2. The molecule has 1 aromatic carbocycles. The zero-order chi connectivity index (χ0) is 22.9. The molecular weight excluding hydrogens is 422 g/mol. The molecule has 2 aromatic heterocycles. The molecule has 0 bridgehead atoms. The summed E-state index contributed by atoms with van der Waals surface area (Å²) >= 11 is 0. The Kier molecular flexibility index (Phi) is 5.63. The van der Waals surface area contributed by atoms with E-state index in [-0.39, 0.29) is 12.6 Å². The smallest absolute Gasteiger partial charge is 0.338 e. The number of nitrogens with two attached hydrogens (primary N) is 1. The van der Waals surface area contributed by atoms with E-state index in [1.165, 1.54) is 0 Å². The Morgan fingerprint density at radius 3 is 2.91 bits per heavy atom. The molecule has 0 amide bonds. The molecule has 33 heavy (non-hydrogen) atoms. The first kappa shape index (κ1) is 21.3. The van der Waals surface area contributed by atoms with Crippen molar-refractivity contribution >= 4 is 23.4 Å². The van der Waals surface area contributed by atoms with Crippen LogP contribution >= 0.6 is 0 Å². The van der Waals surface area contributed by atoms with Gasteiger partial charge in [-0.1, -0.05) is 6.07 Å². The average molecular weight is 447 g/mol. The maximum atomic E-state index is 11.8. The molecule has 5 rings (SSSR count). The van der Waals surface area contributed by atoms with Gasteiger partial charge in [0.25, 0.3) is 0 Å². The summed E-state index contributed by atoms with van der Waals surface area (Å²) in [7, 11) is 0. The number of hydrogen-bond donors (Lipinski definition) is 4. The lowest BCUT2D eigenvalue weighted by atomic mass is 9.95. The molecule has 5 N–H and O–H groups in total. The number of fused-ring (bicyclic) bond motifs is 2. The van der Waals surface area contributed by atoms with Crippen molar-refractivity contribution < 1.29 is 14.6 Å². The van der Waals surface area contributed by atoms with E-state index in [4.69, 9.17) is 10.6 Å². The van der Waals surface area contributed by atoms with Crippen molar-refractivity contribution in [2.75, 3.05) is 23.8 Å². The number of hydrogen-bond acceptors (Lipinski definition) is 10. The highest BCUT2D eigenvalue weighted by Crippen LogP contribution is 2.30. The number of nitrogen functional groups attached to an aromatic ring is 1. The number of nitrogens with one attached hydrogen (secondary N) is 2. The number of β-amino-alcohol motifs (C(OH)–C–C–N with tert-alkyl or cyclic N) is 1. The van der Waals surface area contributed by atoms with E-state index in [1.54, 1.807) is 18.3 Å². The summed E-state index contributed by atoms with van der Waals surface area (Å²) in [5, 5.41) is 14.0. The van der Waals surface area contributed by atoms with Gasteiger partial charge >= 0.3 is 5.97 Å². The summed E-state index contributed by atoms with van der Waals surface area (Å²) in [4.78, 5) is 27.3. The Labute approximate surface area is 190 Å². The van der Waals surface area contributed by atoms with E-state index in [9.17, 15) is 9.90 Å². The Hall–Kier alpha value is -3.60. The molecule has 0 radical (unpaired) electrons. The van der Waals surface area contributed by atoms with Crippen LogP contribution in [0.4, 0.5) is 17.5 Å². The standard InChI is InChI=1S/C23H25N7O3/c1-13-16(3-4-17-18(13)12-33-22(17)32)20(31)11-30-7-6-19-14(10-30)8-26-23(27-19)28-21-5-2-15(29-24)9-25-21/h2-5,8-9,20,29,31H,6-7,10-12,24H2,1H3,(H,25,26,27,28). The normalized spacial score (nSPS) is 16.0. The second kappa shape index (κ2) is 8.74. The molecule has 2 aliphatic rings. The summed E-state index contributed by atoms with van der Waals surface area (Å²) in [5.74, 6) is 6.19. The monoisotopic (exact) mass is 447 g/mol. The summed E-state index contributed by atoms with van der Waals surface area (Å²) in [6.45, 7) is 4.13. The fraction of sp³-hybridized carbons (Fsp3) is 0.304. The molecule has 0 spiro atoms. The molecule has 1 unspecified atom stereocenters. The van der Waals surface area contributed by atoms with Crippen molar-refractivity contribution in [2.24, 2.45) is 5.84 Å². The minimum absolute atomic E-state index is 0.273. The van der Waals surface area contributed by atoms with Crippen LogP contribution in [-0.2, 0) is 24.3 Å². The predicted molar refractivity (Wildman–Crippen MR) is 122 cm³/mol. The maximum absolute atomic E-state index is 11.8. The van der Waals surface area contributed by atoms with Crippen LogP contribution in [0.25, 0.3) is 0 Å². The number of pyridine rings is 1. The van der Waals surface area contributed by atoms with E-state index in [0.717, 1.165) is 40.9 Å². The number of cyclic esters (lactones) is 1. The van der Waals surface area contributed by atoms with Crippen LogP contribution < -0.4 is 16.6 Å². The number of esters is 1. The third-order valence-corrected chi connectivity index (χ3v) is 6.18. The van der Waals surface area contributed by atoms with Gasteiger partial charge in [0.15, 0.2) is 0 Å². The van der Waals surface area contributed by atoms with Gasteiger partial charge in [-0.15, -0.1) is 0 Å². The van der Waals surface area contributed by atoms with E-state index >= 15 is 0 Å². The fourth-order valence-corrected chi connectivity index (χ4v) is 4.33. The number of nitrogens with zero attached hydrogens (tertiary/aromatic N) is 4. The van der Waals surface area contributed by atoms with Crippen LogP contribution in [0.2, 0.25) is 0 Å². The number of carbonyl (C=O) groups is 1. The van der Waals surface area contributed by atoms with Crippen molar-refractivity contribution in [1.82, 2.24) is 19.9 Å². The van der Waals surface area contributed by atoms with Crippen molar-refractivity contribution in [2.45, 2.75) is 32.6 Å². The van der Waals surface area contributed by atoms with E-state index in [0.29, 0.717) is 36.1 Å². The first-order chi connectivity index (χ1) is 16.0. The van der Waals surface area contributed by atoms with Crippen LogP contribution in [0.5, 0.6) is 0 Å². The Morgan fingerprint density at radius 1 is 1.24 bits per heavy atom. The lowest BCUT2D eigenvalue weighted by Crippen LogP contribution is -2.34. The summed E-state index contributed by atoms with van der Waals surface area (Å²) in [5.41, 5.74) is 8.51. The lowest BCUT2D eigenvalue weighted by molar-refractivity contribution is 0.0535. The zero-order valence-corrected chi connectivity index (χ0v) is 18.2. The van der Waals surface area contributed by atoms with Gasteiger partial charge in [-0.2, -0.15) is 0 Å². The van der Waals surface area contributed by atoms with E-state index in [2.05, 4.69) is 30.6 Å². The lowest BCUT2D eigenvalue weighted by Gasteiger charge is -2.30. The van der Waals surface area contributed by atoms with Crippen molar-refractivity contribution in [3.63, 3.8) is 0 Å². The van der Waals surface area contributed by atoms with Gasteiger partial charge in [0.2, 0.25) is 5.95 Å². The molecule has 0 saturated carbocycles. The number of ether oxygens (including phenoxy) is 1. The van der Waals surface area contributed by atoms with Gasteiger partial charge in [0.05, 0.1) is 29.2 Å². The molecule has 1 atom stereocenters. The Morgan fingerprint density at radius 2 is 2.12 bits per heavy atom. The van der Waals surface area contributed by atoms with Crippen LogP contribution in [0.3, 0.4) is 0 Å². The fourth-order valence-electron chi connectivity index (χ4n) is 4.33. The molecule has 10 nitrogen and oxygen atoms in total. The Balaban J connectivity index is 1.24.